The van der Waals surface area contributed by atoms with Crippen LogP contribution in [-0.2, 0) is 4.74 Å². The van der Waals surface area contributed by atoms with E-state index in [-0.39, 0.29) is 35.0 Å². The van der Waals surface area contributed by atoms with Crippen molar-refractivity contribution >= 4 is 35.0 Å². The Labute approximate surface area is 169 Å². The van der Waals surface area contributed by atoms with E-state index >= 15 is 0 Å². The van der Waals surface area contributed by atoms with Crippen molar-refractivity contribution in [3.05, 3.63) is 74.8 Å². The van der Waals surface area contributed by atoms with E-state index < -0.39 is 16.8 Å². The molecule has 2 aromatic carbocycles. The number of amides is 1. The summed E-state index contributed by atoms with van der Waals surface area (Å²) in [6, 6.07) is 11.8. The standard InChI is InChI=1S/C19H14ClN3O6/c1-2-28-19(25)15-16(11-7-9-12(20)10-8-11)22-29-18(15)21-17(24)13-5-3-4-6-14(13)23(26)27/h3-10H,2H2,1H3,(H,21,24). The van der Waals surface area contributed by atoms with Crippen LogP contribution in [0.5, 0.6) is 0 Å². The molecule has 0 aliphatic rings. The van der Waals surface area contributed by atoms with Gasteiger partial charge in [-0.05, 0) is 25.1 Å². The molecular weight excluding hydrogens is 402 g/mol. The second-order valence-electron chi connectivity index (χ2n) is 5.69. The number of ether oxygens (including phenoxy) is 1. The number of hydrogen-bond acceptors (Lipinski definition) is 7. The fourth-order valence-electron chi connectivity index (χ4n) is 2.57. The molecule has 29 heavy (non-hydrogen) atoms. The van der Waals surface area contributed by atoms with Gasteiger partial charge in [0.2, 0.25) is 5.88 Å². The molecule has 0 fully saturated rings. The summed E-state index contributed by atoms with van der Waals surface area (Å²) in [6.07, 6.45) is 0. The van der Waals surface area contributed by atoms with Crippen molar-refractivity contribution in [1.29, 1.82) is 0 Å². The molecule has 148 valence electrons. The van der Waals surface area contributed by atoms with E-state index in [0.717, 1.165) is 0 Å². The maximum absolute atomic E-state index is 12.6. The number of nitrogens with one attached hydrogen (secondary N) is 1. The monoisotopic (exact) mass is 415 g/mol. The Kier molecular flexibility index (Phi) is 5.89. The third-order valence-corrected chi connectivity index (χ3v) is 4.11. The molecule has 0 bridgehead atoms. The lowest BCUT2D eigenvalue weighted by Gasteiger charge is -2.06. The molecule has 0 unspecified atom stereocenters. The first-order valence-electron chi connectivity index (χ1n) is 8.39. The van der Waals surface area contributed by atoms with Crippen molar-refractivity contribution < 1.29 is 23.8 Å². The van der Waals surface area contributed by atoms with Gasteiger partial charge in [-0.3, -0.25) is 20.2 Å². The van der Waals surface area contributed by atoms with E-state index in [0.29, 0.717) is 10.6 Å². The number of hydrogen-bond donors (Lipinski definition) is 1. The van der Waals surface area contributed by atoms with Crippen LogP contribution in [0.4, 0.5) is 11.6 Å². The lowest BCUT2D eigenvalue weighted by atomic mass is 10.1. The Morgan fingerprint density at radius 1 is 1.21 bits per heavy atom. The maximum atomic E-state index is 12.6. The molecule has 1 N–H and O–H groups in total. The molecule has 10 heteroatoms. The Morgan fingerprint density at radius 2 is 1.90 bits per heavy atom. The van der Waals surface area contributed by atoms with E-state index in [2.05, 4.69) is 10.5 Å². The number of aromatic nitrogens is 1. The predicted octanol–water partition coefficient (Wildman–Crippen LogP) is 4.33. The minimum absolute atomic E-state index is 0.0849. The van der Waals surface area contributed by atoms with Crippen molar-refractivity contribution in [3.63, 3.8) is 0 Å². The number of esters is 1. The third-order valence-electron chi connectivity index (χ3n) is 3.86. The van der Waals surface area contributed by atoms with Gasteiger partial charge in [0.25, 0.3) is 11.6 Å². The van der Waals surface area contributed by atoms with Crippen molar-refractivity contribution in [2.24, 2.45) is 0 Å². The average molecular weight is 416 g/mol. The zero-order valence-corrected chi connectivity index (χ0v) is 15.8. The van der Waals surface area contributed by atoms with Crippen LogP contribution >= 0.6 is 11.6 Å². The molecule has 0 spiro atoms. The van der Waals surface area contributed by atoms with Gasteiger partial charge in [0.1, 0.15) is 11.3 Å². The molecule has 1 heterocycles. The van der Waals surface area contributed by atoms with E-state index in [4.69, 9.17) is 20.9 Å². The van der Waals surface area contributed by atoms with Crippen molar-refractivity contribution in [2.45, 2.75) is 6.92 Å². The first-order valence-corrected chi connectivity index (χ1v) is 8.77. The topological polar surface area (TPSA) is 125 Å². The van der Waals surface area contributed by atoms with Crippen LogP contribution < -0.4 is 5.32 Å². The van der Waals surface area contributed by atoms with Gasteiger partial charge in [-0.25, -0.2) is 4.79 Å². The number of carbonyl (C=O) groups excluding carboxylic acids is 2. The van der Waals surface area contributed by atoms with Gasteiger partial charge in [-0.2, -0.15) is 0 Å². The van der Waals surface area contributed by atoms with E-state index in [1.54, 1.807) is 31.2 Å². The number of nitrogens with zero attached hydrogens (tertiary/aromatic N) is 2. The number of para-hydroxylation sites is 1. The fraction of sp³-hybridized carbons (Fsp3) is 0.105. The fourth-order valence-corrected chi connectivity index (χ4v) is 2.69. The second kappa shape index (κ2) is 8.53. The molecule has 0 aliphatic carbocycles. The molecule has 0 saturated carbocycles. The molecule has 3 rings (SSSR count). The highest BCUT2D eigenvalue weighted by Gasteiger charge is 2.28. The van der Waals surface area contributed by atoms with E-state index in [9.17, 15) is 19.7 Å². The minimum atomic E-state index is -0.832. The summed E-state index contributed by atoms with van der Waals surface area (Å²) in [5.74, 6) is -1.88. The minimum Gasteiger partial charge on any atom is -0.462 e. The van der Waals surface area contributed by atoms with Crippen LogP contribution in [0.1, 0.15) is 27.6 Å². The molecule has 0 saturated heterocycles. The van der Waals surface area contributed by atoms with Crippen molar-refractivity contribution in [2.75, 3.05) is 11.9 Å². The first kappa shape index (κ1) is 20.0. The van der Waals surface area contributed by atoms with Crippen LogP contribution in [0, 0.1) is 10.1 Å². The number of carbonyl (C=O) groups is 2. The molecule has 1 amide bonds. The normalized spacial score (nSPS) is 10.4. The molecule has 0 aliphatic heterocycles. The summed E-state index contributed by atoms with van der Waals surface area (Å²) in [6.45, 7) is 1.71. The number of halogens is 1. The molecule has 9 nitrogen and oxygen atoms in total. The highest BCUT2D eigenvalue weighted by atomic mass is 35.5. The average Bonchev–Trinajstić information content (AvgIpc) is 3.12. The summed E-state index contributed by atoms with van der Waals surface area (Å²) in [5, 5.41) is 17.9. The molecule has 0 atom stereocenters. The molecule has 0 radical (unpaired) electrons. The van der Waals surface area contributed by atoms with Crippen LogP contribution in [0.25, 0.3) is 11.3 Å². The highest BCUT2D eigenvalue weighted by Crippen LogP contribution is 2.31. The summed E-state index contributed by atoms with van der Waals surface area (Å²) in [5.41, 5.74) is -0.0524. The Morgan fingerprint density at radius 3 is 2.55 bits per heavy atom. The second-order valence-corrected chi connectivity index (χ2v) is 6.13. The number of anilines is 1. The SMILES string of the molecule is CCOC(=O)c1c(-c2ccc(Cl)cc2)noc1NC(=O)c1ccccc1[N+](=O)[O-]. The first-order chi connectivity index (χ1) is 13.9. The van der Waals surface area contributed by atoms with E-state index in [1.807, 2.05) is 0 Å². The Bertz CT molecular complexity index is 1080. The summed E-state index contributed by atoms with van der Waals surface area (Å²) >= 11 is 5.89. The van der Waals surface area contributed by atoms with Gasteiger partial charge >= 0.3 is 5.97 Å². The van der Waals surface area contributed by atoms with Crippen LogP contribution in [-0.4, -0.2) is 28.6 Å². The van der Waals surface area contributed by atoms with Crippen LogP contribution in [0.3, 0.4) is 0 Å². The van der Waals surface area contributed by atoms with Crippen molar-refractivity contribution in [3.8, 4) is 11.3 Å². The van der Waals surface area contributed by atoms with Gasteiger partial charge < -0.3 is 9.26 Å². The Balaban J connectivity index is 2.01. The number of rotatable bonds is 6. The zero-order chi connectivity index (χ0) is 21.0. The third kappa shape index (κ3) is 4.25. The maximum Gasteiger partial charge on any atom is 0.346 e. The van der Waals surface area contributed by atoms with Gasteiger partial charge in [0.05, 0.1) is 11.5 Å². The smallest absolute Gasteiger partial charge is 0.346 e. The number of benzene rings is 2. The van der Waals surface area contributed by atoms with Gasteiger partial charge in [-0.15, -0.1) is 0 Å². The van der Waals surface area contributed by atoms with Crippen LogP contribution in [0.15, 0.2) is 53.1 Å². The summed E-state index contributed by atoms with van der Waals surface area (Å²) in [4.78, 5) is 35.5. The lowest BCUT2D eigenvalue weighted by molar-refractivity contribution is -0.385. The zero-order valence-electron chi connectivity index (χ0n) is 15.0. The number of nitro groups is 1. The Hall–Kier alpha value is -3.72. The summed E-state index contributed by atoms with van der Waals surface area (Å²) in [7, 11) is 0. The highest BCUT2D eigenvalue weighted by molar-refractivity contribution is 6.30. The van der Waals surface area contributed by atoms with Gasteiger partial charge in [0.15, 0.2) is 5.56 Å². The van der Waals surface area contributed by atoms with Gasteiger partial charge in [0, 0.05) is 16.7 Å². The molecule has 3 aromatic rings. The summed E-state index contributed by atoms with van der Waals surface area (Å²) < 4.78 is 10.2. The lowest BCUT2D eigenvalue weighted by Crippen LogP contribution is -2.16. The molecular formula is C19H14ClN3O6. The quantitative estimate of drug-likeness (QED) is 0.360. The van der Waals surface area contributed by atoms with E-state index in [1.165, 1.54) is 24.3 Å². The van der Waals surface area contributed by atoms with Crippen LogP contribution in [0.2, 0.25) is 5.02 Å². The predicted molar refractivity (Wildman–Crippen MR) is 104 cm³/mol. The molecule has 1 aromatic heterocycles. The number of nitro benzene ring substituents is 1. The van der Waals surface area contributed by atoms with Gasteiger partial charge in [-0.1, -0.05) is 41.0 Å². The largest absolute Gasteiger partial charge is 0.462 e. The van der Waals surface area contributed by atoms with Crippen molar-refractivity contribution in [1.82, 2.24) is 5.16 Å².